The third-order valence-corrected chi connectivity index (χ3v) is 4.98. The minimum atomic E-state index is -0.694. The normalized spacial score (nSPS) is 18.1. The van der Waals surface area contributed by atoms with Crippen LogP contribution in [0.2, 0.25) is 0 Å². The van der Waals surface area contributed by atoms with E-state index >= 15 is 0 Å². The predicted octanol–water partition coefficient (Wildman–Crippen LogP) is 3.95. The molecule has 0 atom stereocenters. The monoisotopic (exact) mass is 384 g/mol. The number of benzene rings is 1. The van der Waals surface area contributed by atoms with E-state index in [1.165, 1.54) is 0 Å². The summed E-state index contributed by atoms with van der Waals surface area (Å²) in [5.41, 5.74) is -0.381. The van der Waals surface area contributed by atoms with Crippen molar-refractivity contribution in [2.45, 2.75) is 65.3 Å². The quantitative estimate of drug-likeness (QED) is 0.788. The van der Waals surface area contributed by atoms with Crippen molar-refractivity contribution in [2.75, 3.05) is 5.32 Å². The lowest BCUT2D eigenvalue weighted by Gasteiger charge is -2.32. The SMILES string of the molecule is CC(C)(C)OC(=O)Nc1oc2cccc(B3OC(C)(C)C(C)(C)O3)c2c1C#N. The summed E-state index contributed by atoms with van der Waals surface area (Å²) < 4.78 is 23.2. The number of rotatable bonds is 2. The van der Waals surface area contributed by atoms with E-state index in [4.69, 9.17) is 18.5 Å². The van der Waals surface area contributed by atoms with Gasteiger partial charge in [0.05, 0.1) is 11.2 Å². The lowest BCUT2D eigenvalue weighted by atomic mass is 9.76. The molecule has 148 valence electrons. The predicted molar refractivity (Wildman–Crippen MR) is 107 cm³/mol. The van der Waals surface area contributed by atoms with Crippen molar-refractivity contribution in [3.63, 3.8) is 0 Å². The second kappa shape index (κ2) is 6.54. The molecule has 0 bridgehead atoms. The summed E-state index contributed by atoms with van der Waals surface area (Å²) in [6.07, 6.45) is -0.694. The summed E-state index contributed by atoms with van der Waals surface area (Å²) in [5, 5.41) is 12.8. The molecule has 0 aliphatic carbocycles. The highest BCUT2D eigenvalue weighted by molar-refractivity contribution is 6.65. The molecule has 1 fully saturated rings. The number of hydrogen-bond donors (Lipinski definition) is 1. The minimum Gasteiger partial charge on any atom is -0.444 e. The Morgan fingerprint density at radius 2 is 1.79 bits per heavy atom. The number of nitrogens with one attached hydrogen (secondary N) is 1. The first-order chi connectivity index (χ1) is 12.8. The Hall–Kier alpha value is -2.50. The standard InChI is InChI=1S/C20H25BN2O5/c1-18(2,3)26-17(24)23-16-12(11-22)15-13(9-8-10-14(15)25-16)21-27-19(4,5)20(6,7)28-21/h8-10H,1-7H3,(H,23,24). The molecule has 3 rings (SSSR count). The molecule has 1 aromatic heterocycles. The molecule has 0 unspecified atom stereocenters. The van der Waals surface area contributed by atoms with Crippen molar-refractivity contribution in [1.82, 2.24) is 0 Å². The average molecular weight is 384 g/mol. The summed E-state index contributed by atoms with van der Waals surface area (Å²) in [4.78, 5) is 12.1. The zero-order valence-corrected chi connectivity index (χ0v) is 17.3. The summed E-state index contributed by atoms with van der Waals surface area (Å²) in [6, 6.07) is 7.47. The van der Waals surface area contributed by atoms with Crippen LogP contribution in [0.4, 0.5) is 10.7 Å². The van der Waals surface area contributed by atoms with Crippen molar-refractivity contribution in [3.8, 4) is 6.07 Å². The molecule has 1 aliphatic heterocycles. The van der Waals surface area contributed by atoms with Gasteiger partial charge in [0.25, 0.3) is 0 Å². The van der Waals surface area contributed by atoms with E-state index in [0.29, 0.717) is 16.4 Å². The van der Waals surface area contributed by atoms with Crippen LogP contribution < -0.4 is 10.8 Å². The van der Waals surface area contributed by atoms with Crippen molar-refractivity contribution in [1.29, 1.82) is 5.26 Å². The van der Waals surface area contributed by atoms with Gasteiger partial charge in [0.15, 0.2) is 0 Å². The first-order valence-corrected chi connectivity index (χ1v) is 9.16. The van der Waals surface area contributed by atoms with E-state index in [9.17, 15) is 10.1 Å². The Bertz CT molecular complexity index is 949. The molecule has 2 heterocycles. The van der Waals surface area contributed by atoms with Crippen LogP contribution >= 0.6 is 0 Å². The van der Waals surface area contributed by atoms with E-state index in [2.05, 4.69) is 11.4 Å². The number of hydrogen-bond acceptors (Lipinski definition) is 6. The molecule has 1 aliphatic rings. The summed E-state index contributed by atoms with van der Waals surface area (Å²) in [6.45, 7) is 13.1. The van der Waals surface area contributed by atoms with Crippen molar-refractivity contribution in [3.05, 3.63) is 23.8 Å². The maximum atomic E-state index is 12.1. The van der Waals surface area contributed by atoms with Crippen LogP contribution in [0.15, 0.2) is 22.6 Å². The van der Waals surface area contributed by atoms with Crippen molar-refractivity contribution < 1.29 is 23.3 Å². The molecular formula is C20H25BN2O5. The van der Waals surface area contributed by atoms with Gasteiger partial charge >= 0.3 is 13.2 Å². The topological polar surface area (TPSA) is 93.7 Å². The van der Waals surface area contributed by atoms with Gasteiger partial charge in [-0.1, -0.05) is 12.1 Å². The van der Waals surface area contributed by atoms with Gasteiger partial charge in [0.2, 0.25) is 5.88 Å². The van der Waals surface area contributed by atoms with Gasteiger partial charge in [-0.25, -0.2) is 4.79 Å². The largest absolute Gasteiger partial charge is 0.495 e. The molecule has 2 aromatic rings. The van der Waals surface area contributed by atoms with Crippen LogP contribution in [-0.2, 0) is 14.0 Å². The van der Waals surface area contributed by atoms with Gasteiger partial charge in [0, 0.05) is 5.39 Å². The van der Waals surface area contributed by atoms with E-state index < -0.39 is 30.0 Å². The second-order valence-corrected chi connectivity index (χ2v) is 8.85. The molecule has 1 amide bonds. The van der Waals surface area contributed by atoms with E-state index in [0.717, 1.165) is 0 Å². The third-order valence-electron chi connectivity index (χ3n) is 4.98. The highest BCUT2D eigenvalue weighted by Crippen LogP contribution is 2.38. The minimum absolute atomic E-state index is 0.0377. The number of nitrogens with zero attached hydrogens (tertiary/aromatic N) is 1. The molecule has 0 spiro atoms. The molecule has 28 heavy (non-hydrogen) atoms. The van der Waals surface area contributed by atoms with E-state index in [1.807, 2.05) is 33.8 Å². The molecule has 0 radical (unpaired) electrons. The first kappa shape index (κ1) is 20.2. The van der Waals surface area contributed by atoms with Gasteiger partial charge in [-0.05, 0) is 60.0 Å². The van der Waals surface area contributed by atoms with Crippen LogP contribution in [0.1, 0.15) is 54.0 Å². The second-order valence-electron chi connectivity index (χ2n) is 8.85. The van der Waals surface area contributed by atoms with Gasteiger partial charge in [-0.2, -0.15) is 5.26 Å². The Labute approximate surface area is 165 Å². The van der Waals surface area contributed by atoms with Crippen LogP contribution in [0, 0.1) is 11.3 Å². The summed E-state index contributed by atoms with van der Waals surface area (Å²) in [5.74, 6) is 0.0377. The van der Waals surface area contributed by atoms with Crippen molar-refractivity contribution >= 4 is 35.5 Å². The van der Waals surface area contributed by atoms with Crippen LogP contribution in [0.3, 0.4) is 0 Å². The Balaban J connectivity index is 2.03. The average Bonchev–Trinajstić information content (AvgIpc) is 2.98. The third kappa shape index (κ3) is 3.60. The number of fused-ring (bicyclic) bond motifs is 1. The van der Waals surface area contributed by atoms with Gasteiger partial charge < -0.3 is 18.5 Å². The molecule has 1 aromatic carbocycles. The zero-order valence-electron chi connectivity index (χ0n) is 17.3. The molecule has 1 N–H and O–H groups in total. The summed E-state index contributed by atoms with van der Waals surface area (Å²) >= 11 is 0. The van der Waals surface area contributed by atoms with Crippen LogP contribution in [-0.4, -0.2) is 30.0 Å². The van der Waals surface area contributed by atoms with Gasteiger partial charge in [0.1, 0.15) is 22.8 Å². The number of ether oxygens (including phenoxy) is 1. The molecule has 8 heteroatoms. The van der Waals surface area contributed by atoms with E-state index in [1.54, 1.807) is 32.9 Å². The van der Waals surface area contributed by atoms with Crippen LogP contribution in [0.5, 0.6) is 0 Å². The van der Waals surface area contributed by atoms with Crippen molar-refractivity contribution in [2.24, 2.45) is 0 Å². The lowest BCUT2D eigenvalue weighted by Crippen LogP contribution is -2.41. The van der Waals surface area contributed by atoms with Gasteiger partial charge in [-0.3, -0.25) is 5.32 Å². The highest BCUT2D eigenvalue weighted by Gasteiger charge is 2.52. The number of nitriles is 1. The molecule has 7 nitrogen and oxygen atoms in total. The fourth-order valence-electron chi connectivity index (χ4n) is 2.93. The Kier molecular flexibility index (Phi) is 4.73. The molecule has 1 saturated heterocycles. The molecule has 0 saturated carbocycles. The smallest absolute Gasteiger partial charge is 0.444 e. The first-order valence-electron chi connectivity index (χ1n) is 9.16. The summed E-state index contributed by atoms with van der Waals surface area (Å²) in [7, 11) is -0.659. The Morgan fingerprint density at radius 1 is 1.18 bits per heavy atom. The number of amides is 1. The fraction of sp³-hybridized carbons (Fsp3) is 0.500. The molecular weight excluding hydrogens is 359 g/mol. The zero-order chi connectivity index (χ0) is 20.9. The van der Waals surface area contributed by atoms with Gasteiger partial charge in [-0.15, -0.1) is 0 Å². The highest BCUT2D eigenvalue weighted by atomic mass is 16.7. The number of furan rings is 1. The lowest BCUT2D eigenvalue weighted by molar-refractivity contribution is 0.00578. The Morgan fingerprint density at radius 3 is 2.32 bits per heavy atom. The van der Waals surface area contributed by atoms with Crippen LogP contribution in [0.25, 0.3) is 11.0 Å². The number of carbonyl (C=O) groups excluding carboxylic acids is 1. The maximum absolute atomic E-state index is 12.1. The maximum Gasteiger partial charge on any atom is 0.495 e. The number of anilines is 1. The fourth-order valence-corrected chi connectivity index (χ4v) is 2.93. The number of carbonyl (C=O) groups is 1. The van der Waals surface area contributed by atoms with E-state index in [-0.39, 0.29) is 11.4 Å².